The monoisotopic (exact) mass is 266 g/mol. The third-order valence-electron chi connectivity index (χ3n) is 3.12. The van der Waals surface area contributed by atoms with Crippen LogP contribution in [0, 0.1) is 12.8 Å². The van der Waals surface area contributed by atoms with Gasteiger partial charge in [-0.3, -0.25) is 9.59 Å². The van der Waals surface area contributed by atoms with Crippen molar-refractivity contribution in [2.24, 2.45) is 5.92 Å². The summed E-state index contributed by atoms with van der Waals surface area (Å²) in [6, 6.07) is 3.40. The zero-order valence-corrected chi connectivity index (χ0v) is 11.7. The Morgan fingerprint density at radius 3 is 2.74 bits per heavy atom. The molecule has 0 saturated carbocycles. The molecule has 2 N–H and O–H groups in total. The number of aliphatic hydroxyl groups is 1. The van der Waals surface area contributed by atoms with Crippen LogP contribution >= 0.6 is 0 Å². The van der Waals surface area contributed by atoms with Crippen LogP contribution < -0.4 is 10.9 Å². The van der Waals surface area contributed by atoms with Crippen molar-refractivity contribution in [2.45, 2.75) is 39.8 Å². The molecule has 0 aliphatic carbocycles. The highest BCUT2D eigenvalue weighted by Crippen LogP contribution is 2.05. The number of aromatic nitrogens is 1. The van der Waals surface area contributed by atoms with Gasteiger partial charge in [0, 0.05) is 24.4 Å². The molecule has 0 fully saturated rings. The van der Waals surface area contributed by atoms with E-state index in [2.05, 4.69) is 5.32 Å². The van der Waals surface area contributed by atoms with Crippen molar-refractivity contribution in [1.29, 1.82) is 0 Å². The summed E-state index contributed by atoms with van der Waals surface area (Å²) in [5.74, 6) is 0.0326. The van der Waals surface area contributed by atoms with Crippen LogP contribution in [0.4, 0.5) is 0 Å². The van der Waals surface area contributed by atoms with Crippen LogP contribution in [0.1, 0.15) is 25.8 Å². The lowest BCUT2D eigenvalue weighted by Crippen LogP contribution is -2.42. The molecule has 1 atom stereocenters. The standard InChI is InChI=1S/C14H22N2O3/c1-10(2)12(6-8-17)15-13(18)9-16-7-4-5-11(3)14(16)19/h4-5,7,10,12,17H,6,8-9H2,1-3H3,(H,15,18). The molecule has 1 unspecified atom stereocenters. The first-order valence-corrected chi connectivity index (χ1v) is 6.52. The summed E-state index contributed by atoms with van der Waals surface area (Å²) in [7, 11) is 0. The van der Waals surface area contributed by atoms with Gasteiger partial charge in [-0.05, 0) is 25.3 Å². The second kappa shape index (κ2) is 7.09. The molecule has 5 heteroatoms. The number of carbonyl (C=O) groups is 1. The number of nitrogens with one attached hydrogen (secondary N) is 1. The van der Waals surface area contributed by atoms with Crippen molar-refractivity contribution < 1.29 is 9.90 Å². The fourth-order valence-corrected chi connectivity index (χ4v) is 1.90. The fraction of sp³-hybridized carbons (Fsp3) is 0.571. The van der Waals surface area contributed by atoms with Crippen molar-refractivity contribution in [3.63, 3.8) is 0 Å². The Balaban J connectivity index is 2.69. The topological polar surface area (TPSA) is 71.3 Å². The zero-order valence-electron chi connectivity index (χ0n) is 11.7. The summed E-state index contributed by atoms with van der Waals surface area (Å²) in [4.78, 5) is 23.7. The molecular formula is C14H22N2O3. The van der Waals surface area contributed by atoms with Crippen LogP contribution in [0.25, 0.3) is 0 Å². The maximum Gasteiger partial charge on any atom is 0.253 e. The number of hydrogen-bond acceptors (Lipinski definition) is 3. The van der Waals surface area contributed by atoms with Gasteiger partial charge in [0.15, 0.2) is 0 Å². The molecule has 0 aliphatic heterocycles. The molecule has 0 radical (unpaired) electrons. The van der Waals surface area contributed by atoms with Crippen molar-refractivity contribution in [1.82, 2.24) is 9.88 Å². The highest BCUT2D eigenvalue weighted by molar-refractivity contribution is 5.76. The SMILES string of the molecule is Cc1cccn(CC(=O)NC(CCO)C(C)C)c1=O. The second-order valence-corrected chi connectivity index (χ2v) is 5.05. The largest absolute Gasteiger partial charge is 0.396 e. The number of aryl methyl sites for hydroxylation is 1. The van der Waals surface area contributed by atoms with E-state index >= 15 is 0 Å². The van der Waals surface area contributed by atoms with Gasteiger partial charge in [0.1, 0.15) is 6.54 Å². The molecule has 1 rings (SSSR count). The highest BCUT2D eigenvalue weighted by Gasteiger charge is 2.16. The van der Waals surface area contributed by atoms with E-state index in [-0.39, 0.29) is 36.6 Å². The third kappa shape index (κ3) is 4.52. The van der Waals surface area contributed by atoms with E-state index in [0.717, 1.165) is 0 Å². The summed E-state index contributed by atoms with van der Waals surface area (Å²) < 4.78 is 1.39. The smallest absolute Gasteiger partial charge is 0.253 e. The van der Waals surface area contributed by atoms with E-state index < -0.39 is 0 Å². The Kier molecular flexibility index (Phi) is 5.76. The van der Waals surface area contributed by atoms with Crippen LogP contribution in [0.2, 0.25) is 0 Å². The van der Waals surface area contributed by atoms with Crippen molar-refractivity contribution >= 4 is 5.91 Å². The maximum absolute atomic E-state index is 11.9. The minimum atomic E-state index is -0.208. The van der Waals surface area contributed by atoms with E-state index in [4.69, 9.17) is 5.11 Å². The fourth-order valence-electron chi connectivity index (χ4n) is 1.90. The van der Waals surface area contributed by atoms with E-state index in [1.165, 1.54) is 4.57 Å². The first-order chi connectivity index (χ1) is 8.95. The maximum atomic E-state index is 11.9. The number of pyridine rings is 1. The van der Waals surface area contributed by atoms with Crippen LogP contribution in [-0.2, 0) is 11.3 Å². The first kappa shape index (κ1) is 15.4. The van der Waals surface area contributed by atoms with Gasteiger partial charge in [-0.15, -0.1) is 0 Å². The van der Waals surface area contributed by atoms with Crippen LogP contribution in [-0.4, -0.2) is 28.2 Å². The number of rotatable bonds is 6. The first-order valence-electron chi connectivity index (χ1n) is 6.52. The minimum absolute atomic E-state index is 0.00909. The summed E-state index contributed by atoms with van der Waals surface area (Å²) in [5, 5.41) is 11.8. The van der Waals surface area contributed by atoms with Gasteiger partial charge in [-0.25, -0.2) is 0 Å². The lowest BCUT2D eigenvalue weighted by Gasteiger charge is -2.21. The molecule has 1 aromatic rings. The Hall–Kier alpha value is -1.62. The summed E-state index contributed by atoms with van der Waals surface area (Å²) >= 11 is 0. The molecule has 1 aromatic heterocycles. The minimum Gasteiger partial charge on any atom is -0.396 e. The van der Waals surface area contributed by atoms with Crippen LogP contribution in [0.5, 0.6) is 0 Å². The molecular weight excluding hydrogens is 244 g/mol. The molecule has 0 saturated heterocycles. The van der Waals surface area contributed by atoms with E-state index in [1.54, 1.807) is 25.3 Å². The van der Waals surface area contributed by atoms with Crippen molar-refractivity contribution in [2.75, 3.05) is 6.61 Å². The predicted molar refractivity (Wildman–Crippen MR) is 73.9 cm³/mol. The van der Waals surface area contributed by atoms with Gasteiger partial charge in [-0.2, -0.15) is 0 Å². The lowest BCUT2D eigenvalue weighted by molar-refractivity contribution is -0.122. The Morgan fingerprint density at radius 2 is 2.16 bits per heavy atom. The van der Waals surface area contributed by atoms with Crippen LogP contribution in [0.3, 0.4) is 0 Å². The molecule has 5 nitrogen and oxygen atoms in total. The van der Waals surface area contributed by atoms with Crippen LogP contribution in [0.15, 0.2) is 23.1 Å². The van der Waals surface area contributed by atoms with Gasteiger partial charge >= 0.3 is 0 Å². The zero-order chi connectivity index (χ0) is 14.4. The van der Waals surface area contributed by atoms with E-state index in [1.807, 2.05) is 13.8 Å². The molecule has 0 bridgehead atoms. The highest BCUT2D eigenvalue weighted by atomic mass is 16.3. The lowest BCUT2D eigenvalue weighted by atomic mass is 10.0. The van der Waals surface area contributed by atoms with Gasteiger partial charge in [0.05, 0.1) is 0 Å². The van der Waals surface area contributed by atoms with E-state index in [9.17, 15) is 9.59 Å². The number of aliphatic hydroxyl groups excluding tert-OH is 1. The van der Waals surface area contributed by atoms with E-state index in [0.29, 0.717) is 12.0 Å². The molecule has 1 amide bonds. The molecule has 0 aromatic carbocycles. The van der Waals surface area contributed by atoms with Gasteiger partial charge in [-0.1, -0.05) is 19.9 Å². The van der Waals surface area contributed by atoms with Crippen molar-refractivity contribution in [3.8, 4) is 0 Å². The number of amides is 1. The molecule has 106 valence electrons. The number of nitrogens with zero attached hydrogens (tertiary/aromatic N) is 1. The van der Waals surface area contributed by atoms with Gasteiger partial charge < -0.3 is 15.0 Å². The molecule has 0 spiro atoms. The van der Waals surface area contributed by atoms with Crippen molar-refractivity contribution in [3.05, 3.63) is 34.2 Å². The Labute approximate surface area is 113 Å². The molecule has 19 heavy (non-hydrogen) atoms. The second-order valence-electron chi connectivity index (χ2n) is 5.05. The number of carbonyl (C=O) groups excluding carboxylic acids is 1. The Morgan fingerprint density at radius 1 is 1.47 bits per heavy atom. The predicted octanol–water partition coefficient (Wildman–Crippen LogP) is 0.680. The van der Waals surface area contributed by atoms with Gasteiger partial charge in [0.2, 0.25) is 5.91 Å². The quantitative estimate of drug-likeness (QED) is 0.795. The normalized spacial score (nSPS) is 12.5. The molecule has 1 heterocycles. The molecule has 0 aliphatic rings. The number of hydrogen-bond donors (Lipinski definition) is 2. The average molecular weight is 266 g/mol. The summed E-state index contributed by atoms with van der Waals surface area (Å²) in [6.45, 7) is 5.74. The third-order valence-corrected chi connectivity index (χ3v) is 3.12. The van der Waals surface area contributed by atoms with Gasteiger partial charge in [0.25, 0.3) is 5.56 Å². The Bertz CT molecular complexity index is 480. The average Bonchev–Trinajstić information content (AvgIpc) is 2.34. The summed E-state index contributed by atoms with van der Waals surface area (Å²) in [5.41, 5.74) is 0.465. The summed E-state index contributed by atoms with van der Waals surface area (Å²) in [6.07, 6.45) is 2.12.